The Hall–Kier alpha value is -3.98. The number of methoxy groups -OCH3 is 1. The zero-order valence-electron chi connectivity index (χ0n) is 19.1. The number of benzene rings is 2. The number of carbonyl (C=O) groups excluding carboxylic acids is 2. The van der Waals surface area contributed by atoms with Crippen LogP contribution in [0.3, 0.4) is 0 Å². The molecule has 0 spiro atoms. The fourth-order valence-corrected chi connectivity index (χ4v) is 4.43. The van der Waals surface area contributed by atoms with Crippen LogP contribution in [0, 0.1) is 0 Å². The van der Waals surface area contributed by atoms with Crippen LogP contribution in [0.15, 0.2) is 89.1 Å². The lowest BCUT2D eigenvalue weighted by Gasteiger charge is -2.17. The van der Waals surface area contributed by atoms with Gasteiger partial charge in [0.25, 0.3) is 5.56 Å². The van der Waals surface area contributed by atoms with Crippen molar-refractivity contribution in [2.75, 3.05) is 12.9 Å². The lowest BCUT2D eigenvalue weighted by Crippen LogP contribution is -2.43. The summed E-state index contributed by atoms with van der Waals surface area (Å²) in [6.07, 6.45) is 3.66. The molecular weight excluding hydrogens is 464 g/mol. The summed E-state index contributed by atoms with van der Waals surface area (Å²) in [6.45, 7) is 0.271. The third-order valence-electron chi connectivity index (χ3n) is 5.33. The van der Waals surface area contributed by atoms with Gasteiger partial charge in [0.05, 0.1) is 30.3 Å². The molecule has 0 aliphatic heterocycles. The second-order valence-electron chi connectivity index (χ2n) is 7.79. The summed E-state index contributed by atoms with van der Waals surface area (Å²) in [5.74, 6) is -0.915. The van der Waals surface area contributed by atoms with Gasteiger partial charge >= 0.3 is 5.97 Å². The number of hydrogen-bond acceptors (Lipinski definition) is 7. The Morgan fingerprint density at radius 1 is 1.03 bits per heavy atom. The van der Waals surface area contributed by atoms with Crippen LogP contribution in [0.25, 0.3) is 10.9 Å². The monoisotopic (exact) mass is 488 g/mol. The van der Waals surface area contributed by atoms with E-state index < -0.39 is 12.0 Å². The highest BCUT2D eigenvalue weighted by Gasteiger charge is 2.22. The maximum Gasteiger partial charge on any atom is 0.328 e. The number of fused-ring (bicyclic) bond motifs is 1. The minimum Gasteiger partial charge on any atom is -0.467 e. The van der Waals surface area contributed by atoms with Crippen LogP contribution in [0.1, 0.15) is 11.1 Å². The number of rotatable bonds is 9. The van der Waals surface area contributed by atoms with E-state index in [9.17, 15) is 14.4 Å². The molecule has 1 atom stereocenters. The second kappa shape index (κ2) is 11.4. The Kier molecular flexibility index (Phi) is 7.89. The first kappa shape index (κ1) is 24.2. The average molecular weight is 489 g/mol. The predicted molar refractivity (Wildman–Crippen MR) is 134 cm³/mol. The number of nitrogens with zero attached hydrogens (tertiary/aromatic N) is 3. The number of aromatic nitrogens is 3. The third kappa shape index (κ3) is 6.13. The van der Waals surface area contributed by atoms with E-state index >= 15 is 0 Å². The SMILES string of the molecule is COC(=O)C(Cc1ccccc1)NC(=O)CSc1nc2ccccc2c(=O)n1Cc1cccnc1. The minimum atomic E-state index is -0.822. The number of ether oxygens (including phenoxy) is 1. The maximum atomic E-state index is 13.2. The number of carbonyl (C=O) groups is 2. The summed E-state index contributed by atoms with van der Waals surface area (Å²) < 4.78 is 6.41. The van der Waals surface area contributed by atoms with Gasteiger partial charge in [-0.25, -0.2) is 9.78 Å². The Bertz CT molecular complexity index is 1380. The van der Waals surface area contributed by atoms with Gasteiger partial charge in [-0.3, -0.25) is 19.1 Å². The molecule has 0 bridgehead atoms. The molecule has 35 heavy (non-hydrogen) atoms. The summed E-state index contributed by atoms with van der Waals surface area (Å²) in [5.41, 5.74) is 2.10. The Balaban J connectivity index is 1.54. The molecule has 0 aliphatic rings. The largest absolute Gasteiger partial charge is 0.467 e. The van der Waals surface area contributed by atoms with Gasteiger partial charge in [0.15, 0.2) is 5.16 Å². The number of amides is 1. The first-order valence-electron chi connectivity index (χ1n) is 11.0. The van der Waals surface area contributed by atoms with Crippen LogP contribution in [0.2, 0.25) is 0 Å². The van der Waals surface area contributed by atoms with Crippen molar-refractivity contribution in [2.45, 2.75) is 24.2 Å². The van der Waals surface area contributed by atoms with E-state index in [0.717, 1.165) is 22.9 Å². The van der Waals surface area contributed by atoms with Crippen molar-refractivity contribution in [3.8, 4) is 0 Å². The minimum absolute atomic E-state index is 0.0277. The van der Waals surface area contributed by atoms with Gasteiger partial charge in [0, 0.05) is 18.8 Å². The fourth-order valence-electron chi connectivity index (χ4n) is 3.62. The van der Waals surface area contributed by atoms with Crippen LogP contribution in [0.4, 0.5) is 0 Å². The maximum absolute atomic E-state index is 13.2. The van der Waals surface area contributed by atoms with E-state index in [0.29, 0.717) is 22.5 Å². The van der Waals surface area contributed by atoms with Crippen LogP contribution >= 0.6 is 11.8 Å². The normalized spacial score (nSPS) is 11.7. The van der Waals surface area contributed by atoms with Gasteiger partial charge in [-0.1, -0.05) is 60.3 Å². The zero-order valence-corrected chi connectivity index (χ0v) is 19.9. The predicted octanol–water partition coefficient (Wildman–Crippen LogP) is 2.83. The first-order chi connectivity index (χ1) is 17.0. The molecule has 2 heterocycles. The van der Waals surface area contributed by atoms with Crippen molar-refractivity contribution in [1.82, 2.24) is 19.9 Å². The molecule has 9 heteroatoms. The van der Waals surface area contributed by atoms with E-state index in [2.05, 4.69) is 15.3 Å². The third-order valence-corrected chi connectivity index (χ3v) is 6.30. The first-order valence-corrected chi connectivity index (χ1v) is 12.0. The van der Waals surface area contributed by atoms with Gasteiger partial charge in [-0.2, -0.15) is 0 Å². The molecule has 4 aromatic rings. The molecule has 178 valence electrons. The molecular formula is C26H24N4O4S. The Morgan fingerprint density at radius 2 is 1.77 bits per heavy atom. The lowest BCUT2D eigenvalue weighted by atomic mass is 10.1. The number of hydrogen-bond donors (Lipinski definition) is 1. The molecule has 8 nitrogen and oxygen atoms in total. The molecule has 4 rings (SSSR count). The molecule has 2 aromatic heterocycles. The molecule has 0 fully saturated rings. The van der Waals surface area contributed by atoms with Crippen LogP contribution in [-0.4, -0.2) is 45.3 Å². The summed E-state index contributed by atoms with van der Waals surface area (Å²) in [7, 11) is 1.29. The number of para-hydroxylation sites is 1. The lowest BCUT2D eigenvalue weighted by molar-refractivity contribution is -0.144. The van der Waals surface area contributed by atoms with Crippen molar-refractivity contribution in [3.05, 3.63) is 101 Å². The van der Waals surface area contributed by atoms with Crippen LogP contribution in [-0.2, 0) is 27.3 Å². The average Bonchev–Trinajstić information content (AvgIpc) is 2.89. The molecule has 0 radical (unpaired) electrons. The smallest absolute Gasteiger partial charge is 0.328 e. The van der Waals surface area contributed by atoms with Gasteiger partial charge in [-0.05, 0) is 29.3 Å². The Morgan fingerprint density at radius 3 is 2.51 bits per heavy atom. The highest BCUT2D eigenvalue weighted by molar-refractivity contribution is 7.99. The van der Waals surface area contributed by atoms with Crippen LogP contribution < -0.4 is 10.9 Å². The van der Waals surface area contributed by atoms with E-state index in [1.54, 1.807) is 41.2 Å². The van der Waals surface area contributed by atoms with Crippen molar-refractivity contribution in [1.29, 1.82) is 0 Å². The molecule has 0 aliphatic carbocycles. The van der Waals surface area contributed by atoms with Crippen molar-refractivity contribution < 1.29 is 14.3 Å². The molecule has 0 saturated carbocycles. The summed E-state index contributed by atoms with van der Waals surface area (Å²) >= 11 is 1.14. The summed E-state index contributed by atoms with van der Waals surface area (Å²) in [5, 5.41) is 3.65. The molecule has 1 unspecified atom stereocenters. The molecule has 1 N–H and O–H groups in total. The standard InChI is InChI=1S/C26H24N4O4S/c1-34-25(33)22(14-18-8-3-2-4-9-18)28-23(31)17-35-26-29-21-12-6-5-11-20(21)24(32)30(26)16-19-10-7-13-27-15-19/h2-13,15,22H,14,16-17H2,1H3,(H,28,31). The number of pyridine rings is 1. The van der Waals surface area contributed by atoms with Crippen molar-refractivity contribution in [2.24, 2.45) is 0 Å². The summed E-state index contributed by atoms with van der Waals surface area (Å²) in [4.78, 5) is 47.0. The second-order valence-corrected chi connectivity index (χ2v) is 8.73. The van der Waals surface area contributed by atoms with Crippen molar-refractivity contribution in [3.63, 3.8) is 0 Å². The van der Waals surface area contributed by atoms with Crippen molar-refractivity contribution >= 4 is 34.5 Å². The van der Waals surface area contributed by atoms with E-state index in [-0.39, 0.29) is 23.8 Å². The fraction of sp³-hybridized carbons (Fsp3) is 0.192. The topological polar surface area (TPSA) is 103 Å². The van der Waals surface area contributed by atoms with E-state index in [1.165, 1.54) is 7.11 Å². The van der Waals surface area contributed by atoms with E-state index in [1.807, 2.05) is 42.5 Å². The zero-order chi connectivity index (χ0) is 24.6. The van der Waals surface area contributed by atoms with Crippen LogP contribution in [0.5, 0.6) is 0 Å². The Labute approximate surface area is 206 Å². The van der Waals surface area contributed by atoms with Gasteiger partial charge in [0.2, 0.25) is 5.91 Å². The van der Waals surface area contributed by atoms with Gasteiger partial charge in [-0.15, -0.1) is 0 Å². The molecule has 0 saturated heterocycles. The number of nitrogens with one attached hydrogen (secondary N) is 1. The summed E-state index contributed by atoms with van der Waals surface area (Å²) in [6, 6.07) is 19.3. The quantitative estimate of drug-likeness (QED) is 0.220. The molecule has 2 aromatic carbocycles. The number of esters is 1. The number of thioether (sulfide) groups is 1. The van der Waals surface area contributed by atoms with Gasteiger partial charge < -0.3 is 10.1 Å². The van der Waals surface area contributed by atoms with Gasteiger partial charge in [0.1, 0.15) is 6.04 Å². The molecule has 1 amide bonds. The van der Waals surface area contributed by atoms with E-state index in [4.69, 9.17) is 4.74 Å². The highest BCUT2D eigenvalue weighted by Crippen LogP contribution is 2.19. The highest BCUT2D eigenvalue weighted by atomic mass is 32.2.